The average Bonchev–Trinajstić information content (AvgIpc) is 2.79. The molecule has 0 aliphatic heterocycles. The summed E-state index contributed by atoms with van der Waals surface area (Å²) in [6.07, 6.45) is 1.59. The summed E-state index contributed by atoms with van der Waals surface area (Å²) in [4.78, 5) is 20.7. The Kier molecular flexibility index (Phi) is 6.07. The quantitative estimate of drug-likeness (QED) is 0.706. The number of rotatable bonds is 7. The van der Waals surface area contributed by atoms with Crippen LogP contribution in [0.2, 0.25) is 0 Å². The number of likely N-dealkylation sites (N-methyl/N-ethyl adjacent to an activating group) is 2. The molecule has 0 aromatic carbocycles. The molecule has 0 saturated heterocycles. The number of aromatic nitrogens is 1. The van der Waals surface area contributed by atoms with Gasteiger partial charge in [-0.3, -0.25) is 0 Å². The lowest BCUT2D eigenvalue weighted by molar-refractivity contribution is 0.0532. The van der Waals surface area contributed by atoms with Crippen LogP contribution in [0.5, 0.6) is 0 Å². The van der Waals surface area contributed by atoms with Crippen molar-refractivity contribution in [2.24, 2.45) is 0 Å². The summed E-state index contributed by atoms with van der Waals surface area (Å²) >= 11 is 1.39. The molecule has 1 heterocycles. The van der Waals surface area contributed by atoms with Crippen molar-refractivity contribution < 1.29 is 9.53 Å². The highest BCUT2D eigenvalue weighted by atomic mass is 32.1. The van der Waals surface area contributed by atoms with E-state index >= 15 is 0 Å². The Morgan fingerprint density at radius 1 is 1.39 bits per heavy atom. The van der Waals surface area contributed by atoms with E-state index in [1.807, 2.05) is 14.1 Å². The van der Waals surface area contributed by atoms with E-state index in [1.54, 1.807) is 13.1 Å². The third kappa shape index (κ3) is 4.27. The van der Waals surface area contributed by atoms with Gasteiger partial charge in [-0.05, 0) is 27.9 Å². The van der Waals surface area contributed by atoms with Gasteiger partial charge in [-0.15, -0.1) is 0 Å². The van der Waals surface area contributed by atoms with Crippen molar-refractivity contribution in [1.82, 2.24) is 9.88 Å². The Hall–Kier alpha value is -1.14. The van der Waals surface area contributed by atoms with Crippen molar-refractivity contribution in [2.75, 3.05) is 45.2 Å². The van der Waals surface area contributed by atoms with Gasteiger partial charge in [-0.25, -0.2) is 9.78 Å². The van der Waals surface area contributed by atoms with Gasteiger partial charge in [-0.2, -0.15) is 0 Å². The summed E-state index contributed by atoms with van der Waals surface area (Å²) in [7, 11) is 4.08. The minimum absolute atomic E-state index is 0.287. The summed E-state index contributed by atoms with van der Waals surface area (Å²) in [6, 6.07) is 0. The number of nitrogens with zero attached hydrogens (tertiary/aromatic N) is 3. The monoisotopic (exact) mass is 271 g/mol. The number of thiazole rings is 1. The molecule has 1 aromatic rings. The molecule has 5 nitrogen and oxygen atoms in total. The molecule has 6 heteroatoms. The van der Waals surface area contributed by atoms with Crippen molar-refractivity contribution in [3.05, 3.63) is 11.1 Å². The van der Waals surface area contributed by atoms with Crippen LogP contribution in [0, 0.1) is 0 Å². The van der Waals surface area contributed by atoms with Crippen molar-refractivity contribution >= 4 is 22.4 Å². The predicted octanol–water partition coefficient (Wildman–Crippen LogP) is 1.71. The first-order valence-electron chi connectivity index (χ1n) is 6.11. The topological polar surface area (TPSA) is 45.7 Å². The zero-order valence-electron chi connectivity index (χ0n) is 11.5. The molecule has 0 amide bonds. The molecule has 0 radical (unpaired) electrons. The number of hydrogen-bond donors (Lipinski definition) is 0. The second-order valence-electron chi connectivity index (χ2n) is 4.11. The SMILES string of the molecule is CCOC(=O)c1cnc(N(CC)CCN(C)C)s1. The van der Waals surface area contributed by atoms with Gasteiger partial charge in [0, 0.05) is 19.6 Å². The number of carbonyl (C=O) groups is 1. The number of esters is 1. The predicted molar refractivity (Wildman–Crippen MR) is 74.5 cm³/mol. The summed E-state index contributed by atoms with van der Waals surface area (Å²) in [5.41, 5.74) is 0. The van der Waals surface area contributed by atoms with E-state index in [0.29, 0.717) is 11.5 Å². The second kappa shape index (κ2) is 7.33. The zero-order chi connectivity index (χ0) is 13.5. The van der Waals surface area contributed by atoms with Crippen LogP contribution in [-0.4, -0.2) is 56.2 Å². The molecule has 0 unspecified atom stereocenters. The number of hydrogen-bond acceptors (Lipinski definition) is 6. The summed E-state index contributed by atoms with van der Waals surface area (Å²) in [6.45, 7) is 7.02. The van der Waals surface area contributed by atoms with Gasteiger partial charge in [0.2, 0.25) is 0 Å². The van der Waals surface area contributed by atoms with Crippen LogP contribution in [-0.2, 0) is 4.74 Å². The first kappa shape index (κ1) is 14.9. The van der Waals surface area contributed by atoms with E-state index in [-0.39, 0.29) is 5.97 Å². The lowest BCUT2D eigenvalue weighted by atomic mass is 10.5. The fourth-order valence-corrected chi connectivity index (χ4v) is 2.32. The first-order valence-corrected chi connectivity index (χ1v) is 6.92. The van der Waals surface area contributed by atoms with Crippen LogP contribution in [0.4, 0.5) is 5.13 Å². The van der Waals surface area contributed by atoms with Crippen LogP contribution in [0.25, 0.3) is 0 Å². The van der Waals surface area contributed by atoms with E-state index < -0.39 is 0 Å². The third-order valence-electron chi connectivity index (χ3n) is 2.44. The van der Waals surface area contributed by atoms with Crippen LogP contribution in [0.3, 0.4) is 0 Å². The van der Waals surface area contributed by atoms with Gasteiger partial charge in [0.1, 0.15) is 4.88 Å². The zero-order valence-corrected chi connectivity index (χ0v) is 12.3. The van der Waals surface area contributed by atoms with Crippen LogP contribution in [0.15, 0.2) is 6.20 Å². The van der Waals surface area contributed by atoms with Crippen molar-refractivity contribution in [3.63, 3.8) is 0 Å². The highest BCUT2D eigenvalue weighted by Gasteiger charge is 2.14. The van der Waals surface area contributed by atoms with Crippen LogP contribution >= 0.6 is 11.3 Å². The summed E-state index contributed by atoms with van der Waals surface area (Å²) in [5.74, 6) is -0.287. The summed E-state index contributed by atoms with van der Waals surface area (Å²) < 4.78 is 4.96. The number of carbonyl (C=O) groups excluding carboxylic acids is 1. The standard InChI is InChI=1S/C12H21N3O2S/c1-5-15(8-7-14(3)4)12-13-9-10(18-12)11(16)17-6-2/h9H,5-8H2,1-4H3. The molecule has 0 atom stereocenters. The molecule has 18 heavy (non-hydrogen) atoms. The second-order valence-corrected chi connectivity index (χ2v) is 5.12. The maximum absolute atomic E-state index is 11.6. The molecule has 0 N–H and O–H groups in total. The molecule has 0 fully saturated rings. The lowest BCUT2D eigenvalue weighted by Gasteiger charge is -2.21. The molecule has 1 rings (SSSR count). The van der Waals surface area contributed by atoms with Crippen LogP contribution < -0.4 is 4.90 Å². The number of anilines is 1. The van der Waals surface area contributed by atoms with E-state index in [4.69, 9.17) is 4.74 Å². The molecule has 102 valence electrons. The minimum Gasteiger partial charge on any atom is -0.462 e. The first-order chi connectivity index (χ1) is 8.58. The highest BCUT2D eigenvalue weighted by Crippen LogP contribution is 2.22. The largest absolute Gasteiger partial charge is 0.462 e. The molecular formula is C12H21N3O2S. The normalized spacial score (nSPS) is 10.7. The maximum atomic E-state index is 11.6. The van der Waals surface area contributed by atoms with Crippen molar-refractivity contribution in [2.45, 2.75) is 13.8 Å². The smallest absolute Gasteiger partial charge is 0.350 e. The molecule has 0 aliphatic carbocycles. The average molecular weight is 271 g/mol. The van der Waals surface area contributed by atoms with Gasteiger partial charge in [0.25, 0.3) is 0 Å². The van der Waals surface area contributed by atoms with Gasteiger partial charge in [0.15, 0.2) is 5.13 Å². The molecule has 0 bridgehead atoms. The number of ether oxygens (including phenoxy) is 1. The highest BCUT2D eigenvalue weighted by molar-refractivity contribution is 7.17. The van der Waals surface area contributed by atoms with E-state index in [9.17, 15) is 4.79 Å². The van der Waals surface area contributed by atoms with Crippen LogP contribution in [0.1, 0.15) is 23.5 Å². The van der Waals surface area contributed by atoms with Crippen molar-refractivity contribution in [1.29, 1.82) is 0 Å². The maximum Gasteiger partial charge on any atom is 0.350 e. The van der Waals surface area contributed by atoms with Gasteiger partial charge in [0.05, 0.1) is 12.8 Å². The Labute approximate surface area is 112 Å². The molecule has 0 aliphatic rings. The fraction of sp³-hybridized carbons (Fsp3) is 0.667. The Balaban J connectivity index is 2.66. The van der Waals surface area contributed by atoms with E-state index in [0.717, 1.165) is 24.8 Å². The van der Waals surface area contributed by atoms with E-state index in [1.165, 1.54) is 11.3 Å². The molecule has 0 spiro atoms. The van der Waals surface area contributed by atoms with Crippen molar-refractivity contribution in [3.8, 4) is 0 Å². The molecule has 0 saturated carbocycles. The van der Waals surface area contributed by atoms with E-state index in [2.05, 4.69) is 21.7 Å². The Morgan fingerprint density at radius 3 is 2.67 bits per heavy atom. The minimum atomic E-state index is -0.287. The fourth-order valence-electron chi connectivity index (χ4n) is 1.42. The molecular weight excluding hydrogens is 250 g/mol. The Bertz CT molecular complexity index is 379. The van der Waals surface area contributed by atoms with Gasteiger partial charge < -0.3 is 14.5 Å². The third-order valence-corrected chi connectivity index (χ3v) is 3.48. The molecule has 1 aromatic heterocycles. The Morgan fingerprint density at radius 2 is 2.11 bits per heavy atom. The van der Waals surface area contributed by atoms with Gasteiger partial charge >= 0.3 is 5.97 Å². The van der Waals surface area contributed by atoms with Gasteiger partial charge in [-0.1, -0.05) is 11.3 Å². The summed E-state index contributed by atoms with van der Waals surface area (Å²) in [5, 5.41) is 0.877. The lowest BCUT2D eigenvalue weighted by Crippen LogP contribution is -2.31.